The van der Waals surface area contributed by atoms with Crippen LogP contribution in [-0.4, -0.2) is 17.3 Å². The van der Waals surface area contributed by atoms with Gasteiger partial charge in [0, 0.05) is 19.3 Å². The maximum atomic E-state index is 14.1. The predicted molar refractivity (Wildman–Crippen MR) is 175 cm³/mol. The molecule has 0 amide bonds. The third-order valence-electron chi connectivity index (χ3n) is 8.76. The number of rotatable bonds is 29. The van der Waals surface area contributed by atoms with E-state index in [9.17, 15) is 14.4 Å². The van der Waals surface area contributed by atoms with Gasteiger partial charge in [-0.3, -0.25) is 14.4 Å². The Bertz CT molecular complexity index is 723. The van der Waals surface area contributed by atoms with Crippen LogP contribution in [-0.2, 0) is 20.8 Å². The van der Waals surface area contributed by atoms with Crippen molar-refractivity contribution in [2.75, 3.05) is 0 Å². The minimum absolute atomic E-state index is 0.115. The molecule has 0 unspecified atom stereocenters. The van der Waals surface area contributed by atoms with Crippen molar-refractivity contribution in [1.82, 2.24) is 0 Å². The molecule has 41 heavy (non-hydrogen) atoms. The van der Waals surface area contributed by atoms with Crippen molar-refractivity contribution >= 4 is 17.3 Å². The second kappa shape index (κ2) is 24.8. The number of hydrogen-bond donors (Lipinski definition) is 0. The van der Waals surface area contributed by atoms with Gasteiger partial charge >= 0.3 is 0 Å². The van der Waals surface area contributed by atoms with Crippen LogP contribution in [0.25, 0.3) is 0 Å². The standard InChI is InChI=1S/C38H64O3/c1-4-7-10-13-16-19-25-30-35(39)38(33-34-28-23-22-24-29-34,36(40)31-26-20-17-14-11-8-5-2)37(41)32-27-21-18-15-12-9-6-3/h22-24,28-29H,4-21,25-27,30-33H2,1-3H3. The van der Waals surface area contributed by atoms with Gasteiger partial charge in [0.05, 0.1) is 0 Å². The van der Waals surface area contributed by atoms with Crippen LogP contribution in [0.4, 0.5) is 0 Å². The first-order valence-electron chi connectivity index (χ1n) is 17.7. The SMILES string of the molecule is CCCCCCCCCC(=O)C(Cc1ccccc1)(C(=O)CCCCCCCCC)C(=O)CCCCCCCCC. The summed E-state index contributed by atoms with van der Waals surface area (Å²) >= 11 is 0. The van der Waals surface area contributed by atoms with Gasteiger partial charge in [0.2, 0.25) is 0 Å². The number of Topliss-reactive ketones (excluding diaryl/α,β-unsaturated/α-hetero) is 3. The number of hydrogen-bond acceptors (Lipinski definition) is 3. The second-order valence-corrected chi connectivity index (χ2v) is 12.5. The summed E-state index contributed by atoms with van der Waals surface area (Å²) in [5, 5.41) is 0. The Morgan fingerprint density at radius 2 is 0.732 bits per heavy atom. The number of carbonyl (C=O) groups excluding carboxylic acids is 3. The Morgan fingerprint density at radius 1 is 0.439 bits per heavy atom. The molecule has 0 heterocycles. The van der Waals surface area contributed by atoms with Crippen molar-refractivity contribution in [1.29, 1.82) is 0 Å². The van der Waals surface area contributed by atoms with Gasteiger partial charge in [0.15, 0.2) is 17.3 Å². The van der Waals surface area contributed by atoms with Gasteiger partial charge in [-0.15, -0.1) is 0 Å². The summed E-state index contributed by atoms with van der Waals surface area (Å²) < 4.78 is 0. The van der Waals surface area contributed by atoms with E-state index >= 15 is 0 Å². The summed E-state index contributed by atoms with van der Waals surface area (Å²) in [5.74, 6) is -0.345. The lowest BCUT2D eigenvalue weighted by Crippen LogP contribution is -2.48. The van der Waals surface area contributed by atoms with Crippen LogP contribution < -0.4 is 0 Å². The third kappa shape index (κ3) is 15.9. The van der Waals surface area contributed by atoms with Crippen molar-refractivity contribution in [2.24, 2.45) is 5.41 Å². The van der Waals surface area contributed by atoms with Crippen molar-refractivity contribution in [3.63, 3.8) is 0 Å². The number of carbonyl (C=O) groups is 3. The zero-order valence-corrected chi connectivity index (χ0v) is 27.3. The minimum atomic E-state index is -1.51. The van der Waals surface area contributed by atoms with Gasteiger partial charge in [0.25, 0.3) is 0 Å². The van der Waals surface area contributed by atoms with Crippen molar-refractivity contribution in [3.05, 3.63) is 35.9 Å². The molecule has 0 radical (unpaired) electrons. The average Bonchev–Trinajstić information content (AvgIpc) is 2.98. The fourth-order valence-corrected chi connectivity index (χ4v) is 6.03. The molecule has 0 N–H and O–H groups in total. The normalized spacial score (nSPS) is 11.6. The van der Waals surface area contributed by atoms with E-state index in [1.807, 2.05) is 30.3 Å². The maximum Gasteiger partial charge on any atom is 0.154 e. The molecule has 0 fully saturated rings. The van der Waals surface area contributed by atoms with Crippen LogP contribution >= 0.6 is 0 Å². The highest BCUT2D eigenvalue weighted by molar-refractivity contribution is 6.24. The molecule has 1 rings (SSSR count). The highest BCUT2D eigenvalue weighted by Gasteiger charge is 2.49. The average molecular weight is 569 g/mol. The molecular formula is C38H64O3. The first-order valence-corrected chi connectivity index (χ1v) is 17.7. The molecule has 1 aromatic carbocycles. The Labute approximate surface area is 254 Å². The number of benzene rings is 1. The van der Waals surface area contributed by atoms with E-state index in [2.05, 4.69) is 20.8 Å². The van der Waals surface area contributed by atoms with Gasteiger partial charge in [-0.25, -0.2) is 0 Å². The molecule has 0 aliphatic heterocycles. The first kappa shape index (κ1) is 37.3. The molecule has 0 bridgehead atoms. The topological polar surface area (TPSA) is 51.2 Å². The Kier molecular flexibility index (Phi) is 22.5. The van der Waals surface area contributed by atoms with Gasteiger partial charge in [0.1, 0.15) is 5.41 Å². The lowest BCUT2D eigenvalue weighted by Gasteiger charge is -2.30. The van der Waals surface area contributed by atoms with Crippen LogP contribution in [0.2, 0.25) is 0 Å². The molecule has 0 saturated heterocycles. The Hall–Kier alpha value is -1.77. The number of ketones is 3. The summed E-state index contributed by atoms with van der Waals surface area (Å²) in [5.41, 5.74) is -0.588. The zero-order chi connectivity index (χ0) is 30.0. The maximum absolute atomic E-state index is 14.1. The first-order chi connectivity index (χ1) is 20.0. The summed E-state index contributed by atoms with van der Waals surface area (Å²) in [4.78, 5) is 42.2. The molecular weight excluding hydrogens is 504 g/mol. The van der Waals surface area contributed by atoms with Crippen LogP contribution in [0.3, 0.4) is 0 Å². The lowest BCUT2D eigenvalue weighted by atomic mass is 9.67. The number of unbranched alkanes of at least 4 members (excludes halogenated alkanes) is 18. The Balaban J connectivity index is 2.99. The van der Waals surface area contributed by atoms with E-state index in [1.165, 1.54) is 77.0 Å². The van der Waals surface area contributed by atoms with Crippen molar-refractivity contribution in [3.8, 4) is 0 Å². The van der Waals surface area contributed by atoms with E-state index in [0.717, 1.165) is 63.4 Å². The van der Waals surface area contributed by atoms with E-state index in [1.54, 1.807) is 0 Å². The van der Waals surface area contributed by atoms with E-state index in [-0.39, 0.29) is 23.8 Å². The fourth-order valence-electron chi connectivity index (χ4n) is 6.03. The summed E-state index contributed by atoms with van der Waals surface area (Å²) in [7, 11) is 0. The zero-order valence-electron chi connectivity index (χ0n) is 27.3. The highest BCUT2D eigenvalue weighted by atomic mass is 16.2. The lowest BCUT2D eigenvalue weighted by molar-refractivity contribution is -0.149. The monoisotopic (exact) mass is 568 g/mol. The largest absolute Gasteiger partial charge is 0.298 e. The predicted octanol–water partition coefficient (Wildman–Crippen LogP) is 11.3. The molecule has 0 aromatic heterocycles. The smallest absolute Gasteiger partial charge is 0.154 e. The second-order valence-electron chi connectivity index (χ2n) is 12.5. The quantitative estimate of drug-likeness (QED) is 0.0713. The van der Waals surface area contributed by atoms with Crippen LogP contribution in [0.15, 0.2) is 30.3 Å². The van der Waals surface area contributed by atoms with Crippen LogP contribution in [0.1, 0.15) is 180 Å². The van der Waals surface area contributed by atoms with Crippen molar-refractivity contribution < 1.29 is 14.4 Å². The highest BCUT2D eigenvalue weighted by Crippen LogP contribution is 2.34. The van der Waals surface area contributed by atoms with Gasteiger partial charge in [-0.05, 0) is 31.2 Å². The fraction of sp³-hybridized carbons (Fsp3) is 0.763. The van der Waals surface area contributed by atoms with E-state index in [0.29, 0.717) is 19.3 Å². The van der Waals surface area contributed by atoms with E-state index in [4.69, 9.17) is 0 Å². The van der Waals surface area contributed by atoms with Gasteiger partial charge < -0.3 is 0 Å². The third-order valence-corrected chi connectivity index (χ3v) is 8.76. The molecule has 0 saturated carbocycles. The summed E-state index contributed by atoms with van der Waals surface area (Å²) in [6.07, 6.45) is 24.7. The molecule has 0 aliphatic carbocycles. The van der Waals surface area contributed by atoms with E-state index < -0.39 is 5.41 Å². The van der Waals surface area contributed by atoms with Crippen molar-refractivity contribution in [2.45, 2.75) is 181 Å². The molecule has 0 atom stereocenters. The molecule has 0 aliphatic rings. The van der Waals surface area contributed by atoms with Crippen LogP contribution in [0, 0.1) is 5.41 Å². The molecule has 3 heteroatoms. The molecule has 1 aromatic rings. The minimum Gasteiger partial charge on any atom is -0.298 e. The Morgan fingerprint density at radius 3 is 1.05 bits per heavy atom. The molecule has 234 valence electrons. The van der Waals surface area contributed by atoms with Crippen LogP contribution in [0.5, 0.6) is 0 Å². The molecule has 0 spiro atoms. The molecule has 3 nitrogen and oxygen atoms in total. The van der Waals surface area contributed by atoms with Gasteiger partial charge in [-0.1, -0.05) is 167 Å². The summed E-state index contributed by atoms with van der Waals surface area (Å²) in [6, 6.07) is 9.78. The summed E-state index contributed by atoms with van der Waals surface area (Å²) in [6.45, 7) is 6.66. The van der Waals surface area contributed by atoms with Gasteiger partial charge in [-0.2, -0.15) is 0 Å².